The summed E-state index contributed by atoms with van der Waals surface area (Å²) in [6, 6.07) is 2.46. The number of para-hydroxylation sites is 1. The van der Waals surface area contributed by atoms with Gasteiger partial charge in [-0.1, -0.05) is 44.2 Å². The third-order valence-corrected chi connectivity index (χ3v) is 11.7. The van der Waals surface area contributed by atoms with Crippen LogP contribution in [0.2, 0.25) is 0 Å². The highest BCUT2D eigenvalue weighted by atomic mass is 16.3. The fourth-order valence-electron chi connectivity index (χ4n) is 7.65. The van der Waals surface area contributed by atoms with Crippen molar-refractivity contribution in [2.45, 2.75) is 121 Å². The van der Waals surface area contributed by atoms with E-state index in [4.69, 9.17) is 23.0 Å². The first-order valence-electron chi connectivity index (χ1n) is 25.1. The molecule has 1 heterocycles. The van der Waals surface area contributed by atoms with Crippen LogP contribution in [0.1, 0.15) is 77.3 Å². The number of phenolic OH excluding ortho intramolecular Hbond substituents is 1. The van der Waals surface area contributed by atoms with Crippen molar-refractivity contribution in [1.29, 1.82) is 0 Å². The van der Waals surface area contributed by atoms with Crippen molar-refractivity contribution in [3.63, 3.8) is 0 Å². The number of amides is 11. The summed E-state index contributed by atoms with van der Waals surface area (Å²) in [5, 5.41) is 50.2. The van der Waals surface area contributed by atoms with Gasteiger partial charge in [0.1, 0.15) is 42.0 Å². The van der Waals surface area contributed by atoms with Gasteiger partial charge in [-0.2, -0.15) is 0 Å². The minimum Gasteiger partial charge on any atom is -0.508 e. The highest BCUT2D eigenvalue weighted by molar-refractivity contribution is 5.98. The topological polar surface area (TPSA) is 437 Å². The Morgan fingerprint density at radius 2 is 1.24 bits per heavy atom. The van der Waals surface area contributed by atoms with Gasteiger partial charge in [0.25, 0.3) is 0 Å². The van der Waals surface area contributed by atoms with Gasteiger partial charge < -0.3 is 74.7 Å². The molecule has 0 aliphatic rings. The number of aromatic amines is 1. The summed E-state index contributed by atoms with van der Waals surface area (Å²) in [5.41, 5.74) is 20.6. The Kier molecular flexibility index (Phi) is 26.4. The summed E-state index contributed by atoms with van der Waals surface area (Å²) in [6.07, 6.45) is 1.97. The molecule has 0 spiro atoms. The molecule has 0 unspecified atom stereocenters. The standard InChI is InChI=1S/C49H77N15O12/c1-28(2)21-37(43(70)55-25-41(52)68)58-42(69)30(4)56-44(71)36(13-7-8-18-50)57-46(73)39(23-32-24-54-35-12-6-5-11-34(32)35)60-45(72)38(22-31-14-16-33(67)17-15-31)59-47(74)40(27-65)61-48(75)64(20-10-9-19-51)62-49(76)63(53)26-29(3)66/h5-6,11-12,14-17,24,28-30,36-40,54,65-67H,7-10,13,18-23,25-27,50-51,53H2,1-4H3,(H2,52,68)(H,55,70)(H,56,71)(H,57,73)(H,58,69)(H,59,74)(H,60,72)(H,61,75)(H,62,76)/t29-,30-,36-,37-,38-,39-,40-/m0/s1. The second-order valence-corrected chi connectivity index (χ2v) is 18.8. The third-order valence-electron chi connectivity index (χ3n) is 11.7. The summed E-state index contributed by atoms with van der Waals surface area (Å²) in [4.78, 5) is 124. The monoisotopic (exact) mass is 1070 g/mol. The first kappa shape index (κ1) is 62.7. The molecule has 0 bridgehead atoms. The molecule has 2 aromatic carbocycles. The van der Waals surface area contributed by atoms with Crippen LogP contribution in [0.15, 0.2) is 54.7 Å². The van der Waals surface area contributed by atoms with Crippen molar-refractivity contribution >= 4 is 64.3 Å². The van der Waals surface area contributed by atoms with Crippen LogP contribution in [-0.4, -0.2) is 165 Å². The fourth-order valence-corrected chi connectivity index (χ4v) is 7.65. The lowest BCUT2D eigenvalue weighted by molar-refractivity contribution is -0.135. The van der Waals surface area contributed by atoms with Crippen LogP contribution in [0.25, 0.3) is 10.9 Å². The van der Waals surface area contributed by atoms with Gasteiger partial charge in [0.15, 0.2) is 0 Å². The van der Waals surface area contributed by atoms with Gasteiger partial charge in [-0.15, -0.1) is 0 Å². The van der Waals surface area contributed by atoms with E-state index in [0.29, 0.717) is 52.7 Å². The molecule has 3 aromatic rings. The van der Waals surface area contributed by atoms with Gasteiger partial charge in [0.05, 0.1) is 25.8 Å². The zero-order valence-corrected chi connectivity index (χ0v) is 43.4. The highest BCUT2D eigenvalue weighted by Gasteiger charge is 2.34. The highest BCUT2D eigenvalue weighted by Crippen LogP contribution is 2.20. The largest absolute Gasteiger partial charge is 0.508 e. The number of carbonyl (C=O) groups is 9. The molecule has 0 radical (unpaired) electrons. The van der Waals surface area contributed by atoms with Gasteiger partial charge >= 0.3 is 12.1 Å². The average molecular weight is 1070 g/mol. The second-order valence-electron chi connectivity index (χ2n) is 18.8. The van der Waals surface area contributed by atoms with Crippen molar-refractivity contribution < 1.29 is 58.5 Å². The predicted octanol–water partition coefficient (Wildman–Crippen LogP) is -2.83. The van der Waals surface area contributed by atoms with Crippen molar-refractivity contribution in [1.82, 2.24) is 57.6 Å². The number of aromatic nitrogens is 1. The molecule has 0 saturated heterocycles. The Morgan fingerprint density at radius 1 is 0.658 bits per heavy atom. The molecule has 7 atom stereocenters. The van der Waals surface area contributed by atoms with Crippen LogP contribution in [-0.2, 0) is 46.4 Å². The summed E-state index contributed by atoms with van der Waals surface area (Å²) >= 11 is 0. The predicted molar refractivity (Wildman–Crippen MR) is 279 cm³/mol. The zero-order chi connectivity index (χ0) is 56.5. The number of benzene rings is 2. The number of rotatable bonds is 31. The van der Waals surface area contributed by atoms with Crippen molar-refractivity contribution in [3.8, 4) is 5.75 Å². The minimum absolute atomic E-state index is 0.0383. The first-order valence-corrected chi connectivity index (χ1v) is 25.1. The van der Waals surface area contributed by atoms with Gasteiger partial charge in [-0.3, -0.25) is 38.6 Å². The summed E-state index contributed by atoms with van der Waals surface area (Å²) in [6.45, 7) is 5.05. The van der Waals surface area contributed by atoms with Crippen LogP contribution in [0.4, 0.5) is 9.59 Å². The van der Waals surface area contributed by atoms with Crippen LogP contribution in [0.5, 0.6) is 5.75 Å². The van der Waals surface area contributed by atoms with E-state index < -0.39 is 109 Å². The van der Waals surface area contributed by atoms with E-state index in [1.165, 1.54) is 38.1 Å². The van der Waals surface area contributed by atoms with Crippen LogP contribution < -0.4 is 65.7 Å². The Hall–Kier alpha value is -7.59. The van der Waals surface area contributed by atoms with Gasteiger partial charge in [-0.05, 0) is 101 Å². The minimum atomic E-state index is -1.73. The summed E-state index contributed by atoms with van der Waals surface area (Å²) < 4.78 is 0. The van der Waals surface area contributed by atoms with E-state index in [0.717, 1.165) is 5.01 Å². The maximum Gasteiger partial charge on any atom is 0.350 e. The number of urea groups is 2. The maximum absolute atomic E-state index is 14.6. The molecule has 76 heavy (non-hydrogen) atoms. The van der Waals surface area contributed by atoms with E-state index in [-0.39, 0.29) is 63.5 Å². The zero-order valence-electron chi connectivity index (χ0n) is 43.4. The molecule has 0 fully saturated rings. The Balaban J connectivity index is 1.97. The molecule has 3 rings (SSSR count). The number of aliphatic hydroxyl groups is 2. The van der Waals surface area contributed by atoms with E-state index in [9.17, 15) is 58.5 Å². The Morgan fingerprint density at radius 3 is 1.84 bits per heavy atom. The molecule has 27 nitrogen and oxygen atoms in total. The molecule has 27 heteroatoms. The smallest absolute Gasteiger partial charge is 0.350 e. The van der Waals surface area contributed by atoms with Gasteiger partial charge in [0, 0.05) is 36.5 Å². The van der Waals surface area contributed by atoms with Crippen LogP contribution in [0, 0.1) is 5.92 Å². The van der Waals surface area contributed by atoms with Crippen LogP contribution >= 0.6 is 0 Å². The normalized spacial score (nSPS) is 13.9. The number of hydrogen-bond acceptors (Lipinski definition) is 15. The number of nitrogens with two attached hydrogens (primary N) is 4. The molecular formula is C49H77N15O12. The number of phenols is 1. The second kappa shape index (κ2) is 32.0. The van der Waals surface area contributed by atoms with Crippen LogP contribution in [0.3, 0.4) is 0 Å². The van der Waals surface area contributed by atoms with E-state index in [1.54, 1.807) is 30.5 Å². The number of nitrogens with one attached hydrogen (secondary N) is 9. The molecule has 1 aromatic heterocycles. The molecule has 11 amide bonds. The lowest BCUT2D eigenvalue weighted by Gasteiger charge is -2.29. The summed E-state index contributed by atoms with van der Waals surface area (Å²) in [7, 11) is 0. The van der Waals surface area contributed by atoms with E-state index >= 15 is 0 Å². The number of unbranched alkanes of at least 4 members (excludes halogenated alkanes) is 2. The molecule has 0 aliphatic carbocycles. The van der Waals surface area contributed by atoms with Crippen molar-refractivity contribution in [3.05, 3.63) is 65.9 Å². The number of aromatic hydroxyl groups is 1. The number of fused-ring (bicyclic) bond motifs is 1. The number of carbonyl (C=O) groups excluding carboxylic acids is 9. The fraction of sp³-hybridized carbons (Fsp3) is 0.531. The average Bonchev–Trinajstić information content (AvgIpc) is 3.78. The number of primary amides is 1. The molecule has 0 aliphatic heterocycles. The molecule has 20 N–H and O–H groups in total. The number of aliphatic hydroxyl groups excluding tert-OH is 2. The third kappa shape index (κ3) is 21.3. The lowest BCUT2D eigenvalue weighted by atomic mass is 10.0. The number of nitrogens with zero attached hydrogens (tertiary/aromatic N) is 2. The summed E-state index contributed by atoms with van der Waals surface area (Å²) in [5.74, 6) is -0.224. The number of hydrogen-bond donors (Lipinski definition) is 16. The quantitative estimate of drug-likeness (QED) is 0.0134. The van der Waals surface area contributed by atoms with Gasteiger partial charge in [-0.25, -0.2) is 25.9 Å². The maximum atomic E-state index is 14.6. The number of hydrazine groups is 2. The lowest BCUT2D eigenvalue weighted by Crippen LogP contribution is -2.62. The van der Waals surface area contributed by atoms with Crippen molar-refractivity contribution in [2.75, 3.05) is 39.3 Å². The van der Waals surface area contributed by atoms with Gasteiger partial charge in [0.2, 0.25) is 41.4 Å². The van der Waals surface area contributed by atoms with Crippen molar-refractivity contribution in [2.24, 2.45) is 29.0 Å². The molecule has 0 saturated carbocycles. The van der Waals surface area contributed by atoms with E-state index in [1.807, 2.05) is 13.8 Å². The first-order chi connectivity index (χ1) is 36.1. The Bertz CT molecular complexity index is 2400. The number of H-pyrrole nitrogens is 1. The SMILES string of the molecule is CC(C)C[C@H](NC(=O)[C@H](C)NC(=O)[C@H](CCCCN)NC(=O)[C@H](Cc1c[nH]c2ccccc12)NC(=O)[C@H](Cc1ccc(O)cc1)NC(=O)[C@H](CO)NC(=O)N(CCCCN)NC(=O)N(N)C[C@H](C)O)C(=O)NCC(N)=O. The molecule has 420 valence electrons. The Labute approximate surface area is 440 Å². The van der Waals surface area contributed by atoms with E-state index in [2.05, 4.69) is 47.6 Å². The molecular weight excluding hydrogens is 991 g/mol.